The largest absolute Gasteiger partial charge is 0.322 e. The summed E-state index contributed by atoms with van der Waals surface area (Å²) in [5.41, 5.74) is 3.96. The smallest absolute Gasteiger partial charge is 0.321 e. The Morgan fingerprint density at radius 2 is 1.75 bits per heavy atom. The summed E-state index contributed by atoms with van der Waals surface area (Å²) in [6, 6.07) is 24.4. The first-order chi connectivity index (χ1) is 15.5. The lowest BCUT2D eigenvalue weighted by atomic mass is 10.1. The summed E-state index contributed by atoms with van der Waals surface area (Å²) < 4.78 is 0. The Hall–Kier alpha value is -3.57. The average molecular weight is 446 g/mol. The van der Waals surface area contributed by atoms with E-state index < -0.39 is 0 Å². The number of benzene rings is 3. The second kappa shape index (κ2) is 9.71. The van der Waals surface area contributed by atoms with Crippen LogP contribution < -0.4 is 10.9 Å². The normalized spacial score (nSPS) is 10.8. The topological polar surface area (TPSA) is 65.2 Å². The van der Waals surface area contributed by atoms with Gasteiger partial charge in [-0.1, -0.05) is 60.1 Å². The SMILES string of the molecule is Cc1cccc2cc(CN(CCc3ccccc3)C(=O)Nc3ccc(Cl)cc3)c(=O)[nH]c12. The van der Waals surface area contributed by atoms with E-state index in [1.54, 1.807) is 29.2 Å². The molecule has 2 amide bonds. The third-order valence-corrected chi connectivity index (χ3v) is 5.67. The summed E-state index contributed by atoms with van der Waals surface area (Å²) in [7, 11) is 0. The number of rotatable bonds is 6. The molecule has 3 aromatic carbocycles. The second-order valence-corrected chi connectivity index (χ2v) is 8.19. The van der Waals surface area contributed by atoms with Gasteiger partial charge in [-0.2, -0.15) is 0 Å². The van der Waals surface area contributed by atoms with E-state index in [4.69, 9.17) is 11.6 Å². The molecule has 6 heteroatoms. The Morgan fingerprint density at radius 3 is 2.50 bits per heavy atom. The number of H-pyrrole nitrogens is 1. The van der Waals surface area contributed by atoms with Crippen molar-refractivity contribution < 1.29 is 4.79 Å². The number of para-hydroxylation sites is 1. The first-order valence-electron chi connectivity index (χ1n) is 10.5. The molecule has 5 nitrogen and oxygen atoms in total. The lowest BCUT2D eigenvalue weighted by Gasteiger charge is -2.23. The van der Waals surface area contributed by atoms with E-state index in [1.165, 1.54) is 0 Å². The summed E-state index contributed by atoms with van der Waals surface area (Å²) in [5, 5.41) is 4.45. The van der Waals surface area contributed by atoms with E-state index in [2.05, 4.69) is 10.3 Å². The third kappa shape index (κ3) is 5.18. The molecule has 0 fully saturated rings. The minimum absolute atomic E-state index is 0.184. The molecule has 0 spiro atoms. The Balaban J connectivity index is 1.60. The number of aromatic nitrogens is 1. The summed E-state index contributed by atoms with van der Waals surface area (Å²) in [6.07, 6.45) is 0.680. The van der Waals surface area contributed by atoms with Gasteiger partial charge in [0.2, 0.25) is 0 Å². The van der Waals surface area contributed by atoms with Crippen LogP contribution in [0.5, 0.6) is 0 Å². The van der Waals surface area contributed by atoms with Gasteiger partial charge < -0.3 is 15.2 Å². The molecular weight excluding hydrogens is 422 g/mol. The minimum Gasteiger partial charge on any atom is -0.321 e. The predicted molar refractivity (Wildman–Crippen MR) is 130 cm³/mol. The van der Waals surface area contributed by atoms with Crippen molar-refractivity contribution in [1.82, 2.24) is 9.88 Å². The number of nitrogens with one attached hydrogen (secondary N) is 2. The molecule has 2 N–H and O–H groups in total. The Morgan fingerprint density at radius 1 is 1.00 bits per heavy atom. The highest BCUT2D eigenvalue weighted by Crippen LogP contribution is 2.17. The molecule has 32 heavy (non-hydrogen) atoms. The number of carbonyl (C=O) groups is 1. The van der Waals surface area contributed by atoms with Crippen molar-refractivity contribution in [3.05, 3.63) is 111 Å². The van der Waals surface area contributed by atoms with E-state index in [9.17, 15) is 9.59 Å². The number of anilines is 1. The molecule has 0 aliphatic rings. The van der Waals surface area contributed by atoms with E-state index in [-0.39, 0.29) is 18.1 Å². The first kappa shape index (κ1) is 21.7. The number of aromatic amines is 1. The Kier molecular flexibility index (Phi) is 6.57. The van der Waals surface area contributed by atoms with Crippen LogP contribution >= 0.6 is 11.6 Å². The van der Waals surface area contributed by atoms with Gasteiger partial charge in [0.25, 0.3) is 5.56 Å². The summed E-state index contributed by atoms with van der Waals surface area (Å²) in [4.78, 5) is 30.5. The Bertz CT molecular complexity index is 1280. The van der Waals surface area contributed by atoms with Crippen molar-refractivity contribution in [1.29, 1.82) is 0 Å². The zero-order chi connectivity index (χ0) is 22.5. The zero-order valence-corrected chi connectivity index (χ0v) is 18.5. The van der Waals surface area contributed by atoms with Crippen LogP contribution in [0.1, 0.15) is 16.7 Å². The predicted octanol–water partition coefficient (Wildman–Crippen LogP) is 5.77. The number of halogens is 1. The summed E-state index contributed by atoms with van der Waals surface area (Å²) >= 11 is 5.95. The van der Waals surface area contributed by atoms with Crippen LogP contribution in [0.4, 0.5) is 10.5 Å². The molecule has 0 saturated carbocycles. The maximum Gasteiger partial charge on any atom is 0.322 e. The van der Waals surface area contributed by atoms with Crippen molar-refractivity contribution in [2.24, 2.45) is 0 Å². The molecule has 0 unspecified atom stereocenters. The van der Waals surface area contributed by atoms with Gasteiger partial charge in [0, 0.05) is 22.8 Å². The van der Waals surface area contributed by atoms with Crippen LogP contribution in [0.3, 0.4) is 0 Å². The number of carbonyl (C=O) groups excluding carboxylic acids is 1. The fourth-order valence-electron chi connectivity index (χ4n) is 3.65. The van der Waals surface area contributed by atoms with Crippen LogP contribution in [-0.2, 0) is 13.0 Å². The molecule has 1 aromatic heterocycles. The lowest BCUT2D eigenvalue weighted by Crippen LogP contribution is -2.37. The molecule has 4 rings (SSSR count). The van der Waals surface area contributed by atoms with Gasteiger partial charge in [0.05, 0.1) is 12.1 Å². The highest BCUT2D eigenvalue weighted by molar-refractivity contribution is 6.30. The molecule has 0 aliphatic heterocycles. The maximum atomic E-state index is 13.1. The maximum absolute atomic E-state index is 13.1. The van der Waals surface area contributed by atoms with Crippen LogP contribution in [0.25, 0.3) is 10.9 Å². The van der Waals surface area contributed by atoms with E-state index >= 15 is 0 Å². The van der Waals surface area contributed by atoms with Gasteiger partial charge >= 0.3 is 6.03 Å². The number of urea groups is 1. The molecule has 0 bridgehead atoms. The number of amides is 2. The number of nitrogens with zero attached hydrogens (tertiary/aromatic N) is 1. The summed E-state index contributed by atoms with van der Waals surface area (Å²) in [5.74, 6) is 0. The number of hydrogen-bond donors (Lipinski definition) is 2. The molecule has 0 saturated heterocycles. The second-order valence-electron chi connectivity index (χ2n) is 7.76. The molecule has 1 heterocycles. The lowest BCUT2D eigenvalue weighted by molar-refractivity contribution is 0.209. The summed E-state index contributed by atoms with van der Waals surface area (Å²) in [6.45, 7) is 2.63. The van der Waals surface area contributed by atoms with Crippen molar-refractivity contribution in [2.75, 3.05) is 11.9 Å². The minimum atomic E-state index is -0.271. The number of aryl methyl sites for hydroxylation is 1. The van der Waals surface area contributed by atoms with E-state index in [1.807, 2.05) is 61.5 Å². The fourth-order valence-corrected chi connectivity index (χ4v) is 3.77. The number of hydrogen-bond acceptors (Lipinski definition) is 2. The van der Waals surface area contributed by atoms with Gasteiger partial charge in [-0.3, -0.25) is 4.79 Å². The Labute approximate surface area is 191 Å². The van der Waals surface area contributed by atoms with Gasteiger partial charge in [-0.15, -0.1) is 0 Å². The van der Waals surface area contributed by atoms with E-state index in [0.29, 0.717) is 29.2 Å². The highest BCUT2D eigenvalue weighted by atomic mass is 35.5. The van der Waals surface area contributed by atoms with E-state index in [0.717, 1.165) is 22.0 Å². The molecule has 162 valence electrons. The fraction of sp³-hybridized carbons (Fsp3) is 0.154. The number of fused-ring (bicyclic) bond motifs is 1. The zero-order valence-electron chi connectivity index (χ0n) is 17.8. The molecule has 0 radical (unpaired) electrons. The molecular formula is C26H24ClN3O2. The first-order valence-corrected chi connectivity index (χ1v) is 10.8. The van der Waals surface area contributed by atoms with Crippen molar-refractivity contribution >= 4 is 34.2 Å². The van der Waals surface area contributed by atoms with Gasteiger partial charge in [-0.05, 0) is 60.2 Å². The highest BCUT2D eigenvalue weighted by Gasteiger charge is 2.17. The number of pyridine rings is 1. The molecule has 4 aromatic rings. The molecule has 0 aliphatic carbocycles. The van der Waals surface area contributed by atoms with Gasteiger partial charge in [0.15, 0.2) is 0 Å². The van der Waals surface area contributed by atoms with Crippen LogP contribution in [0, 0.1) is 6.92 Å². The van der Waals surface area contributed by atoms with Crippen LogP contribution in [0.15, 0.2) is 83.7 Å². The van der Waals surface area contributed by atoms with Gasteiger partial charge in [0.1, 0.15) is 0 Å². The van der Waals surface area contributed by atoms with Crippen LogP contribution in [0.2, 0.25) is 5.02 Å². The quantitative estimate of drug-likeness (QED) is 0.396. The molecule has 0 atom stereocenters. The average Bonchev–Trinajstić information content (AvgIpc) is 2.80. The van der Waals surface area contributed by atoms with Crippen molar-refractivity contribution in [2.45, 2.75) is 19.9 Å². The third-order valence-electron chi connectivity index (χ3n) is 5.42. The monoisotopic (exact) mass is 445 g/mol. The van der Waals surface area contributed by atoms with Crippen molar-refractivity contribution in [3.8, 4) is 0 Å². The standard InChI is InChI=1S/C26H24ClN3O2/c1-18-6-5-9-20-16-21(25(31)29-24(18)20)17-30(15-14-19-7-3-2-4-8-19)26(32)28-23-12-10-22(27)11-13-23/h2-13,16H,14-15,17H2,1H3,(H,28,32)(H,29,31). The van der Waals surface area contributed by atoms with Gasteiger partial charge in [-0.25, -0.2) is 4.79 Å². The van der Waals surface area contributed by atoms with Crippen molar-refractivity contribution in [3.63, 3.8) is 0 Å². The van der Waals surface area contributed by atoms with Crippen LogP contribution in [-0.4, -0.2) is 22.5 Å².